The van der Waals surface area contributed by atoms with Gasteiger partial charge in [0.2, 0.25) is 0 Å². The van der Waals surface area contributed by atoms with Gasteiger partial charge < -0.3 is 0 Å². The highest BCUT2D eigenvalue weighted by molar-refractivity contribution is 6.31. The first-order chi connectivity index (χ1) is 8.39. The molecule has 0 amide bonds. The number of pyridine rings is 1. The van der Waals surface area contributed by atoms with Crippen molar-refractivity contribution in [3.8, 4) is 11.1 Å². The molecule has 6 heteroatoms. The molecule has 0 spiro atoms. The second kappa shape index (κ2) is 4.57. The van der Waals surface area contributed by atoms with Gasteiger partial charge >= 0.3 is 6.18 Å². The zero-order valence-electron chi connectivity index (χ0n) is 8.80. The van der Waals surface area contributed by atoms with E-state index in [-0.39, 0.29) is 11.1 Å². The highest BCUT2D eigenvalue weighted by Crippen LogP contribution is 2.36. The lowest BCUT2D eigenvalue weighted by Crippen LogP contribution is -2.05. The Morgan fingerprint density at radius 2 is 1.83 bits per heavy atom. The van der Waals surface area contributed by atoms with Crippen LogP contribution in [-0.2, 0) is 6.18 Å². The van der Waals surface area contributed by atoms with Crippen molar-refractivity contribution in [3.63, 3.8) is 0 Å². The van der Waals surface area contributed by atoms with Crippen LogP contribution in [0.3, 0.4) is 0 Å². The average Bonchev–Trinajstić information content (AvgIpc) is 2.27. The molecule has 1 aromatic heterocycles. The molecule has 0 aliphatic rings. The van der Waals surface area contributed by atoms with E-state index in [1.54, 1.807) is 0 Å². The van der Waals surface area contributed by atoms with E-state index in [9.17, 15) is 17.6 Å². The van der Waals surface area contributed by atoms with Crippen LogP contribution < -0.4 is 0 Å². The van der Waals surface area contributed by atoms with Crippen LogP contribution in [0.15, 0.2) is 36.7 Å². The maximum atomic E-state index is 13.4. The molecule has 0 fully saturated rings. The van der Waals surface area contributed by atoms with Gasteiger partial charge in [-0.15, -0.1) is 0 Å². The minimum Gasteiger partial charge on any atom is -0.262 e. The smallest absolute Gasteiger partial charge is 0.262 e. The lowest BCUT2D eigenvalue weighted by molar-refractivity contribution is -0.137. The van der Waals surface area contributed by atoms with Crippen molar-refractivity contribution in [2.75, 3.05) is 0 Å². The maximum absolute atomic E-state index is 13.4. The largest absolute Gasteiger partial charge is 0.417 e. The van der Waals surface area contributed by atoms with Crippen LogP contribution in [0.5, 0.6) is 0 Å². The van der Waals surface area contributed by atoms with Gasteiger partial charge in [-0.05, 0) is 23.8 Å². The van der Waals surface area contributed by atoms with E-state index < -0.39 is 22.6 Å². The molecule has 94 valence electrons. The summed E-state index contributed by atoms with van der Waals surface area (Å²) in [6, 6.07) is 4.46. The molecular weight excluding hydrogens is 270 g/mol. The van der Waals surface area contributed by atoms with Gasteiger partial charge in [0.05, 0.1) is 16.8 Å². The second-order valence-corrected chi connectivity index (χ2v) is 3.96. The molecule has 0 aliphatic heterocycles. The monoisotopic (exact) mass is 275 g/mol. The highest BCUT2D eigenvalue weighted by Gasteiger charge is 2.33. The Kier molecular flexibility index (Phi) is 3.26. The fourth-order valence-electron chi connectivity index (χ4n) is 1.52. The molecule has 1 heterocycles. The van der Waals surface area contributed by atoms with Crippen molar-refractivity contribution >= 4 is 11.6 Å². The summed E-state index contributed by atoms with van der Waals surface area (Å²) in [6.45, 7) is 0. The minimum atomic E-state index is -4.52. The molecule has 0 aliphatic carbocycles. The molecule has 0 bridgehead atoms. The van der Waals surface area contributed by atoms with E-state index >= 15 is 0 Å². The number of halogens is 5. The van der Waals surface area contributed by atoms with Gasteiger partial charge in [0.1, 0.15) is 5.82 Å². The van der Waals surface area contributed by atoms with Crippen molar-refractivity contribution in [3.05, 3.63) is 53.1 Å². The van der Waals surface area contributed by atoms with E-state index in [2.05, 4.69) is 4.98 Å². The number of hydrogen-bond donors (Lipinski definition) is 0. The molecule has 0 atom stereocenters. The molecule has 0 saturated carbocycles. The molecule has 0 radical (unpaired) electrons. The van der Waals surface area contributed by atoms with Gasteiger partial charge in [0.15, 0.2) is 0 Å². The zero-order valence-corrected chi connectivity index (χ0v) is 9.56. The highest BCUT2D eigenvalue weighted by atomic mass is 35.5. The summed E-state index contributed by atoms with van der Waals surface area (Å²) in [5, 5.41) is -0.462. The predicted molar refractivity (Wildman–Crippen MR) is 59.6 cm³/mol. The average molecular weight is 276 g/mol. The van der Waals surface area contributed by atoms with E-state index in [0.29, 0.717) is 0 Å². The summed E-state index contributed by atoms with van der Waals surface area (Å²) in [4.78, 5) is 3.56. The van der Waals surface area contributed by atoms with Gasteiger partial charge in [-0.3, -0.25) is 4.98 Å². The standard InChI is InChI=1S/C12H6ClF4N/c13-10-5-7(1-2-9(10)12(15,16)17)8-3-4-18-6-11(8)14/h1-6H. The lowest BCUT2D eigenvalue weighted by Gasteiger charge is -2.10. The molecular formula is C12H6ClF4N. The summed E-state index contributed by atoms with van der Waals surface area (Å²) >= 11 is 5.56. The fourth-order valence-corrected chi connectivity index (χ4v) is 1.81. The van der Waals surface area contributed by atoms with Crippen molar-refractivity contribution in [2.45, 2.75) is 6.18 Å². The number of rotatable bonds is 1. The Morgan fingerprint density at radius 1 is 1.11 bits per heavy atom. The molecule has 0 N–H and O–H groups in total. The van der Waals surface area contributed by atoms with Gasteiger partial charge in [-0.1, -0.05) is 17.7 Å². The Balaban J connectivity index is 2.51. The Morgan fingerprint density at radius 3 is 2.39 bits per heavy atom. The van der Waals surface area contributed by atoms with Crippen molar-refractivity contribution in [2.24, 2.45) is 0 Å². The van der Waals surface area contributed by atoms with E-state index in [0.717, 1.165) is 18.3 Å². The minimum absolute atomic E-state index is 0.153. The summed E-state index contributed by atoms with van der Waals surface area (Å²) < 4.78 is 50.9. The maximum Gasteiger partial charge on any atom is 0.417 e. The molecule has 2 rings (SSSR count). The predicted octanol–water partition coefficient (Wildman–Crippen LogP) is 4.56. The van der Waals surface area contributed by atoms with Crippen molar-refractivity contribution in [1.82, 2.24) is 4.98 Å². The first-order valence-electron chi connectivity index (χ1n) is 4.86. The third kappa shape index (κ3) is 2.46. The third-order valence-electron chi connectivity index (χ3n) is 2.36. The number of aromatic nitrogens is 1. The number of hydrogen-bond acceptors (Lipinski definition) is 1. The normalized spacial score (nSPS) is 11.6. The SMILES string of the molecule is Fc1cnccc1-c1ccc(C(F)(F)F)c(Cl)c1. The first-order valence-corrected chi connectivity index (χ1v) is 5.24. The molecule has 1 aromatic carbocycles. The van der Waals surface area contributed by atoms with Gasteiger partial charge in [0, 0.05) is 11.8 Å². The Labute approximate surface area is 105 Å². The van der Waals surface area contributed by atoms with Crippen molar-refractivity contribution < 1.29 is 17.6 Å². The van der Waals surface area contributed by atoms with Gasteiger partial charge in [-0.25, -0.2) is 4.39 Å². The summed E-state index contributed by atoms with van der Waals surface area (Å²) in [5.41, 5.74) is -0.518. The third-order valence-corrected chi connectivity index (χ3v) is 2.67. The number of alkyl halides is 3. The van der Waals surface area contributed by atoms with Crippen molar-refractivity contribution in [1.29, 1.82) is 0 Å². The van der Waals surface area contributed by atoms with Crippen LogP contribution in [0.1, 0.15) is 5.56 Å². The Hall–Kier alpha value is -1.62. The first kappa shape index (κ1) is 12.8. The van der Waals surface area contributed by atoms with E-state index in [1.165, 1.54) is 18.3 Å². The fraction of sp³-hybridized carbons (Fsp3) is 0.0833. The van der Waals surface area contributed by atoms with E-state index in [4.69, 9.17) is 11.6 Å². The van der Waals surface area contributed by atoms with Crippen LogP contribution in [0.25, 0.3) is 11.1 Å². The quantitative estimate of drug-likeness (QED) is 0.695. The second-order valence-electron chi connectivity index (χ2n) is 3.55. The van der Waals surface area contributed by atoms with Crippen LogP contribution in [0, 0.1) is 5.82 Å². The summed E-state index contributed by atoms with van der Waals surface area (Å²) in [7, 11) is 0. The van der Waals surface area contributed by atoms with Crippen LogP contribution in [0.2, 0.25) is 5.02 Å². The number of benzene rings is 1. The topological polar surface area (TPSA) is 12.9 Å². The van der Waals surface area contributed by atoms with Crippen LogP contribution in [-0.4, -0.2) is 4.98 Å². The molecule has 1 nitrogen and oxygen atoms in total. The molecule has 0 saturated heterocycles. The Bertz CT molecular complexity index is 581. The zero-order chi connectivity index (χ0) is 13.3. The van der Waals surface area contributed by atoms with Gasteiger partial charge in [0.25, 0.3) is 0 Å². The number of nitrogens with zero attached hydrogens (tertiary/aromatic N) is 1. The lowest BCUT2D eigenvalue weighted by atomic mass is 10.0. The van der Waals surface area contributed by atoms with Crippen LogP contribution >= 0.6 is 11.6 Å². The summed E-state index contributed by atoms with van der Waals surface area (Å²) in [5.74, 6) is -0.617. The molecule has 2 aromatic rings. The molecule has 0 unspecified atom stereocenters. The summed E-state index contributed by atoms with van der Waals surface area (Å²) in [6.07, 6.45) is -2.18. The molecule has 18 heavy (non-hydrogen) atoms. The van der Waals surface area contributed by atoms with Crippen LogP contribution in [0.4, 0.5) is 17.6 Å². The van der Waals surface area contributed by atoms with Gasteiger partial charge in [-0.2, -0.15) is 13.2 Å². The van der Waals surface area contributed by atoms with E-state index in [1.807, 2.05) is 0 Å².